The zero-order valence-electron chi connectivity index (χ0n) is 11.8. The van der Waals surface area contributed by atoms with E-state index < -0.39 is 0 Å². The Hall–Kier alpha value is -1.34. The van der Waals surface area contributed by atoms with Gasteiger partial charge >= 0.3 is 0 Å². The van der Waals surface area contributed by atoms with E-state index in [2.05, 4.69) is 21.7 Å². The summed E-state index contributed by atoms with van der Waals surface area (Å²) in [5.74, 6) is 0.800. The summed E-state index contributed by atoms with van der Waals surface area (Å²) in [5.41, 5.74) is 1.49. The number of hydrogen-bond donors (Lipinski definition) is 1. The summed E-state index contributed by atoms with van der Waals surface area (Å²) in [4.78, 5) is 16.6. The third kappa shape index (κ3) is 3.61. The fraction of sp³-hybridized carbons (Fsp3) is 0.462. The Balaban J connectivity index is 1.96. The average molecular weight is 310 g/mol. The predicted octanol–water partition coefficient (Wildman–Crippen LogP) is 2.71. The molecule has 0 atom stereocenters. The lowest BCUT2D eigenvalue weighted by Crippen LogP contribution is -2.26. The van der Waals surface area contributed by atoms with Crippen molar-refractivity contribution in [1.82, 2.24) is 20.1 Å². The van der Waals surface area contributed by atoms with Gasteiger partial charge in [-0.05, 0) is 26.2 Å². The molecule has 2 heterocycles. The maximum absolute atomic E-state index is 12.1. The van der Waals surface area contributed by atoms with Gasteiger partial charge in [0.05, 0.1) is 12.2 Å². The van der Waals surface area contributed by atoms with Crippen LogP contribution in [0.2, 0.25) is 0 Å². The molecule has 108 valence electrons. The molecular formula is C13H18N4OS2. The number of rotatable bonds is 6. The zero-order chi connectivity index (χ0) is 14.5. The molecule has 2 aromatic rings. The third-order valence-electron chi connectivity index (χ3n) is 2.69. The molecule has 2 rings (SSSR count). The van der Waals surface area contributed by atoms with Crippen LogP contribution in [0.1, 0.15) is 41.1 Å². The van der Waals surface area contributed by atoms with Crippen molar-refractivity contribution in [3.8, 4) is 0 Å². The maximum Gasteiger partial charge on any atom is 0.269 e. The monoisotopic (exact) mass is 310 g/mol. The van der Waals surface area contributed by atoms with Crippen molar-refractivity contribution in [2.24, 2.45) is 0 Å². The van der Waals surface area contributed by atoms with Gasteiger partial charge in [-0.25, -0.2) is 4.98 Å². The highest BCUT2D eigenvalue weighted by Crippen LogP contribution is 2.15. The van der Waals surface area contributed by atoms with Gasteiger partial charge < -0.3 is 5.32 Å². The highest BCUT2D eigenvalue weighted by molar-refractivity contribution is 7.97. The molecule has 0 fully saturated rings. The van der Waals surface area contributed by atoms with E-state index in [0.717, 1.165) is 16.5 Å². The number of nitrogens with one attached hydrogen (secondary N) is 1. The van der Waals surface area contributed by atoms with Crippen LogP contribution in [0.25, 0.3) is 0 Å². The van der Waals surface area contributed by atoms with Gasteiger partial charge in [0, 0.05) is 23.4 Å². The minimum absolute atomic E-state index is 0.115. The fourth-order valence-electron chi connectivity index (χ4n) is 1.79. The lowest BCUT2D eigenvalue weighted by molar-refractivity contribution is 0.0937. The molecule has 5 nitrogen and oxygen atoms in total. The van der Waals surface area contributed by atoms with Crippen molar-refractivity contribution in [3.63, 3.8) is 0 Å². The third-order valence-corrected chi connectivity index (χ3v) is 4.33. The molecule has 0 spiro atoms. The standard InChI is InChI=1S/C13H18N4OS2/c1-9(2)17-11(4-5-15-17)13(18)14-6-10-7-20-12(16-10)8-19-3/h4-5,7,9H,6,8H2,1-3H3,(H,14,18). The van der Waals surface area contributed by atoms with Crippen molar-refractivity contribution < 1.29 is 4.79 Å². The number of aromatic nitrogens is 3. The second-order valence-corrected chi connectivity index (χ2v) is 6.41. The summed E-state index contributed by atoms with van der Waals surface area (Å²) in [6.07, 6.45) is 3.70. The summed E-state index contributed by atoms with van der Waals surface area (Å²) in [7, 11) is 0. The zero-order valence-corrected chi connectivity index (χ0v) is 13.4. The number of hydrogen-bond acceptors (Lipinski definition) is 5. The summed E-state index contributed by atoms with van der Waals surface area (Å²) in [6, 6.07) is 1.90. The van der Waals surface area contributed by atoms with Crippen LogP contribution in [0.3, 0.4) is 0 Å². The van der Waals surface area contributed by atoms with E-state index in [4.69, 9.17) is 0 Å². The molecule has 0 unspecified atom stereocenters. The van der Waals surface area contributed by atoms with Gasteiger partial charge in [-0.2, -0.15) is 16.9 Å². The molecule has 20 heavy (non-hydrogen) atoms. The second-order valence-electron chi connectivity index (χ2n) is 4.60. The Morgan fingerprint density at radius 1 is 1.55 bits per heavy atom. The Labute approximate surface area is 126 Å². The highest BCUT2D eigenvalue weighted by atomic mass is 32.2. The molecule has 1 amide bonds. The minimum atomic E-state index is -0.115. The van der Waals surface area contributed by atoms with Crippen LogP contribution in [0.15, 0.2) is 17.6 Å². The number of carbonyl (C=O) groups excluding carboxylic acids is 1. The molecule has 0 saturated carbocycles. The highest BCUT2D eigenvalue weighted by Gasteiger charge is 2.14. The number of amides is 1. The number of thiazole rings is 1. The van der Waals surface area contributed by atoms with Crippen LogP contribution in [0.4, 0.5) is 0 Å². The SMILES string of the molecule is CSCc1nc(CNC(=O)c2ccnn2C(C)C)cs1. The maximum atomic E-state index is 12.1. The van der Waals surface area contributed by atoms with Crippen molar-refractivity contribution in [2.45, 2.75) is 32.2 Å². The van der Waals surface area contributed by atoms with Crippen molar-refractivity contribution >= 4 is 29.0 Å². The van der Waals surface area contributed by atoms with E-state index in [1.807, 2.05) is 19.2 Å². The molecular weight excluding hydrogens is 292 g/mol. The largest absolute Gasteiger partial charge is 0.345 e. The summed E-state index contributed by atoms with van der Waals surface area (Å²) in [6.45, 7) is 4.45. The fourth-order valence-corrected chi connectivity index (χ4v) is 3.30. The predicted molar refractivity (Wildman–Crippen MR) is 83.1 cm³/mol. The normalized spacial score (nSPS) is 11.0. The molecule has 1 N–H and O–H groups in total. The molecule has 0 aliphatic carbocycles. The van der Waals surface area contributed by atoms with Gasteiger partial charge in [-0.1, -0.05) is 0 Å². The smallest absolute Gasteiger partial charge is 0.269 e. The van der Waals surface area contributed by atoms with Gasteiger partial charge in [0.15, 0.2) is 0 Å². The van der Waals surface area contributed by atoms with Crippen LogP contribution in [0, 0.1) is 0 Å². The molecule has 0 radical (unpaired) electrons. The van der Waals surface area contributed by atoms with Crippen LogP contribution in [0.5, 0.6) is 0 Å². The molecule has 0 aromatic carbocycles. The van der Waals surface area contributed by atoms with Gasteiger partial charge in [0.1, 0.15) is 10.7 Å². The van der Waals surface area contributed by atoms with Crippen LogP contribution in [-0.4, -0.2) is 26.9 Å². The first kappa shape index (κ1) is 15.1. The van der Waals surface area contributed by atoms with E-state index in [-0.39, 0.29) is 11.9 Å². The summed E-state index contributed by atoms with van der Waals surface area (Å²) >= 11 is 3.38. The van der Waals surface area contributed by atoms with Gasteiger partial charge in [0.25, 0.3) is 5.91 Å². The van der Waals surface area contributed by atoms with E-state index in [0.29, 0.717) is 12.2 Å². The van der Waals surface area contributed by atoms with Gasteiger partial charge in [0.2, 0.25) is 0 Å². The summed E-state index contributed by atoms with van der Waals surface area (Å²) in [5, 5.41) is 10.1. The Kier molecular flexibility index (Phi) is 5.19. The Morgan fingerprint density at radius 2 is 2.35 bits per heavy atom. The Morgan fingerprint density at radius 3 is 3.05 bits per heavy atom. The number of nitrogens with zero attached hydrogens (tertiary/aromatic N) is 3. The first-order chi connectivity index (χ1) is 9.61. The van der Waals surface area contributed by atoms with Gasteiger partial charge in [-0.15, -0.1) is 11.3 Å². The van der Waals surface area contributed by atoms with Crippen molar-refractivity contribution in [3.05, 3.63) is 34.0 Å². The van der Waals surface area contributed by atoms with E-state index in [1.165, 1.54) is 0 Å². The van der Waals surface area contributed by atoms with Crippen molar-refractivity contribution in [1.29, 1.82) is 0 Å². The summed E-state index contributed by atoms with van der Waals surface area (Å²) < 4.78 is 1.72. The van der Waals surface area contributed by atoms with Crippen molar-refractivity contribution in [2.75, 3.05) is 6.26 Å². The average Bonchev–Trinajstić information content (AvgIpc) is 3.05. The quantitative estimate of drug-likeness (QED) is 0.891. The molecule has 7 heteroatoms. The number of thioether (sulfide) groups is 1. The van der Waals surface area contributed by atoms with Crippen LogP contribution >= 0.6 is 23.1 Å². The first-order valence-electron chi connectivity index (χ1n) is 6.35. The van der Waals surface area contributed by atoms with Gasteiger partial charge in [-0.3, -0.25) is 9.48 Å². The van der Waals surface area contributed by atoms with Crippen LogP contribution < -0.4 is 5.32 Å². The lowest BCUT2D eigenvalue weighted by Gasteiger charge is -2.10. The molecule has 0 bridgehead atoms. The number of carbonyl (C=O) groups is 1. The molecule has 0 aliphatic rings. The molecule has 0 aliphatic heterocycles. The second kappa shape index (κ2) is 6.90. The van der Waals surface area contributed by atoms with Crippen LogP contribution in [-0.2, 0) is 12.3 Å². The van der Waals surface area contributed by atoms with E-state index >= 15 is 0 Å². The van der Waals surface area contributed by atoms with E-state index in [9.17, 15) is 4.79 Å². The Bertz CT molecular complexity index is 576. The topological polar surface area (TPSA) is 59.8 Å². The minimum Gasteiger partial charge on any atom is -0.345 e. The molecule has 0 saturated heterocycles. The van der Waals surface area contributed by atoms with E-state index in [1.54, 1.807) is 40.0 Å². The first-order valence-corrected chi connectivity index (χ1v) is 8.63. The molecule has 2 aromatic heterocycles. The lowest BCUT2D eigenvalue weighted by atomic mass is 10.3.